The first-order chi connectivity index (χ1) is 12.6. The minimum absolute atomic E-state index is 0.0954. The van der Waals surface area contributed by atoms with Crippen LogP contribution in [0.25, 0.3) is 0 Å². The van der Waals surface area contributed by atoms with E-state index >= 15 is 0 Å². The van der Waals surface area contributed by atoms with Gasteiger partial charge in [-0.25, -0.2) is 4.39 Å². The average Bonchev–Trinajstić information content (AvgIpc) is 3.03. The highest BCUT2D eigenvalue weighted by Crippen LogP contribution is 2.26. The largest absolute Gasteiger partial charge is 0.482 e. The quantitative estimate of drug-likeness (QED) is 0.699. The van der Waals surface area contributed by atoms with Crippen LogP contribution in [0.3, 0.4) is 0 Å². The van der Waals surface area contributed by atoms with Crippen LogP contribution in [0.15, 0.2) is 52.7 Å². The van der Waals surface area contributed by atoms with E-state index in [0.717, 1.165) is 17.0 Å². The monoisotopic (exact) mass is 368 g/mol. The van der Waals surface area contributed by atoms with Crippen molar-refractivity contribution in [2.24, 2.45) is 5.10 Å². The molecule has 0 unspecified atom stereocenters. The standard InChI is InChI=1S/C19H17FN4OS/c1-12-7-8-14(13(2)9-12)16-11-26-19-22-21-18(24(19)23-16)10-25-17-6-4-3-5-15(17)20/h3-9H,10-11H2,1-2H3. The smallest absolute Gasteiger partial charge is 0.212 e. The molecule has 1 aromatic heterocycles. The van der Waals surface area contributed by atoms with Gasteiger partial charge in [0, 0.05) is 11.3 Å². The summed E-state index contributed by atoms with van der Waals surface area (Å²) in [5, 5.41) is 13.7. The first-order valence-corrected chi connectivity index (χ1v) is 9.20. The van der Waals surface area contributed by atoms with Crippen molar-refractivity contribution < 1.29 is 9.13 Å². The van der Waals surface area contributed by atoms with Crippen molar-refractivity contribution in [2.75, 3.05) is 5.75 Å². The third-order valence-electron chi connectivity index (χ3n) is 4.12. The van der Waals surface area contributed by atoms with Crippen molar-refractivity contribution in [3.05, 3.63) is 70.8 Å². The molecule has 132 valence electrons. The lowest BCUT2D eigenvalue weighted by Crippen LogP contribution is -2.16. The van der Waals surface area contributed by atoms with Crippen LogP contribution in [0.1, 0.15) is 22.5 Å². The fourth-order valence-electron chi connectivity index (χ4n) is 2.83. The number of halogens is 1. The van der Waals surface area contributed by atoms with Crippen LogP contribution >= 0.6 is 11.8 Å². The molecule has 7 heteroatoms. The maximum atomic E-state index is 13.7. The number of hydrogen-bond acceptors (Lipinski definition) is 5. The summed E-state index contributed by atoms with van der Waals surface area (Å²) in [4.78, 5) is 0. The van der Waals surface area contributed by atoms with Gasteiger partial charge in [-0.05, 0) is 31.5 Å². The van der Waals surface area contributed by atoms with E-state index in [2.05, 4.69) is 42.2 Å². The number of benzene rings is 2. The fourth-order valence-corrected chi connectivity index (χ4v) is 3.68. The van der Waals surface area contributed by atoms with Crippen LogP contribution in [-0.4, -0.2) is 26.3 Å². The second-order valence-electron chi connectivity index (χ2n) is 6.08. The zero-order chi connectivity index (χ0) is 18.1. The molecule has 26 heavy (non-hydrogen) atoms. The maximum Gasteiger partial charge on any atom is 0.212 e. The van der Waals surface area contributed by atoms with E-state index in [0.29, 0.717) is 11.0 Å². The van der Waals surface area contributed by atoms with Crippen molar-refractivity contribution >= 4 is 17.5 Å². The molecule has 2 heterocycles. The van der Waals surface area contributed by atoms with Gasteiger partial charge in [-0.15, -0.1) is 10.2 Å². The van der Waals surface area contributed by atoms with Crippen LogP contribution in [0.4, 0.5) is 4.39 Å². The first-order valence-electron chi connectivity index (χ1n) is 8.22. The lowest BCUT2D eigenvalue weighted by Gasteiger charge is -2.16. The van der Waals surface area contributed by atoms with Gasteiger partial charge in [0.2, 0.25) is 5.16 Å². The summed E-state index contributed by atoms with van der Waals surface area (Å²) < 4.78 is 21.0. The van der Waals surface area contributed by atoms with E-state index in [-0.39, 0.29) is 12.4 Å². The second kappa shape index (κ2) is 6.92. The van der Waals surface area contributed by atoms with Gasteiger partial charge in [-0.1, -0.05) is 47.7 Å². The molecule has 3 aromatic rings. The van der Waals surface area contributed by atoms with E-state index in [9.17, 15) is 4.39 Å². The van der Waals surface area contributed by atoms with Crippen LogP contribution < -0.4 is 4.74 Å². The SMILES string of the molecule is Cc1ccc(C2=Nn3c(COc4ccccc4F)nnc3SC2)c(C)c1. The predicted molar refractivity (Wildman–Crippen MR) is 99.3 cm³/mol. The predicted octanol–water partition coefficient (Wildman–Crippen LogP) is 3.97. The molecule has 0 radical (unpaired) electrons. The highest BCUT2D eigenvalue weighted by Gasteiger charge is 2.21. The lowest BCUT2D eigenvalue weighted by molar-refractivity contribution is 0.275. The molecule has 0 N–H and O–H groups in total. The molecule has 0 saturated heterocycles. The summed E-state index contributed by atoms with van der Waals surface area (Å²) in [6.07, 6.45) is 0. The summed E-state index contributed by atoms with van der Waals surface area (Å²) in [5.74, 6) is 1.06. The zero-order valence-corrected chi connectivity index (χ0v) is 15.3. The number of rotatable bonds is 4. The Balaban J connectivity index is 1.61. The Bertz CT molecular complexity index is 999. The summed E-state index contributed by atoms with van der Waals surface area (Å²) in [5.41, 5.74) is 4.49. The molecule has 0 saturated carbocycles. The van der Waals surface area contributed by atoms with Crippen molar-refractivity contribution in [3.8, 4) is 5.75 Å². The zero-order valence-electron chi connectivity index (χ0n) is 14.4. The number of thioether (sulfide) groups is 1. The summed E-state index contributed by atoms with van der Waals surface area (Å²) in [6.45, 7) is 4.25. The molecular weight excluding hydrogens is 351 g/mol. The molecule has 5 nitrogen and oxygen atoms in total. The second-order valence-corrected chi connectivity index (χ2v) is 7.03. The normalized spacial score (nSPS) is 13.3. The van der Waals surface area contributed by atoms with Gasteiger partial charge in [-0.3, -0.25) is 0 Å². The van der Waals surface area contributed by atoms with Gasteiger partial charge in [0.25, 0.3) is 0 Å². The van der Waals surface area contributed by atoms with Crippen LogP contribution in [-0.2, 0) is 6.61 Å². The molecule has 0 amide bonds. The minimum atomic E-state index is -0.403. The molecule has 2 aromatic carbocycles. The number of fused-ring (bicyclic) bond motifs is 1. The molecule has 4 rings (SSSR count). The Hall–Kier alpha value is -2.67. The Morgan fingerprint density at radius 3 is 2.81 bits per heavy atom. The van der Waals surface area contributed by atoms with Gasteiger partial charge >= 0.3 is 0 Å². The highest BCUT2D eigenvalue weighted by molar-refractivity contribution is 7.99. The average molecular weight is 368 g/mol. The summed E-state index contributed by atoms with van der Waals surface area (Å²) >= 11 is 1.58. The van der Waals surface area contributed by atoms with E-state index in [1.54, 1.807) is 34.6 Å². The van der Waals surface area contributed by atoms with E-state index in [1.807, 2.05) is 0 Å². The summed E-state index contributed by atoms with van der Waals surface area (Å²) in [7, 11) is 0. The van der Waals surface area contributed by atoms with Crippen molar-refractivity contribution in [1.29, 1.82) is 0 Å². The third-order valence-corrected chi connectivity index (χ3v) is 5.05. The molecule has 0 bridgehead atoms. The Morgan fingerprint density at radius 2 is 2.00 bits per heavy atom. The number of hydrogen-bond donors (Lipinski definition) is 0. The molecule has 0 fully saturated rings. The van der Waals surface area contributed by atoms with Gasteiger partial charge in [0.05, 0.1) is 5.71 Å². The van der Waals surface area contributed by atoms with E-state index in [1.165, 1.54) is 17.2 Å². The first kappa shape index (κ1) is 16.8. The van der Waals surface area contributed by atoms with Crippen molar-refractivity contribution in [1.82, 2.24) is 14.9 Å². The van der Waals surface area contributed by atoms with Gasteiger partial charge in [0.15, 0.2) is 17.4 Å². The van der Waals surface area contributed by atoms with Gasteiger partial charge < -0.3 is 4.74 Å². The number of nitrogens with zero attached hydrogens (tertiary/aromatic N) is 4. The molecule has 0 aliphatic carbocycles. The molecule has 0 spiro atoms. The van der Waals surface area contributed by atoms with Gasteiger partial charge in [-0.2, -0.15) is 9.78 Å². The third kappa shape index (κ3) is 3.22. The van der Waals surface area contributed by atoms with Crippen LogP contribution in [0, 0.1) is 19.7 Å². The van der Waals surface area contributed by atoms with Crippen LogP contribution in [0.2, 0.25) is 0 Å². The Morgan fingerprint density at radius 1 is 1.15 bits per heavy atom. The Labute approximate surface area is 154 Å². The number of aromatic nitrogens is 3. The van der Waals surface area contributed by atoms with Crippen molar-refractivity contribution in [2.45, 2.75) is 25.6 Å². The fraction of sp³-hybridized carbons (Fsp3) is 0.211. The lowest BCUT2D eigenvalue weighted by atomic mass is 10.0. The number of ether oxygens (including phenoxy) is 1. The van der Waals surface area contributed by atoms with Crippen molar-refractivity contribution in [3.63, 3.8) is 0 Å². The Kier molecular flexibility index (Phi) is 4.46. The molecule has 1 aliphatic rings. The minimum Gasteiger partial charge on any atom is -0.482 e. The molecular formula is C19H17FN4OS. The van der Waals surface area contributed by atoms with E-state index in [4.69, 9.17) is 9.84 Å². The topological polar surface area (TPSA) is 52.3 Å². The summed E-state index contributed by atoms with van der Waals surface area (Å²) in [6, 6.07) is 12.6. The highest BCUT2D eigenvalue weighted by atomic mass is 32.2. The number of para-hydroxylation sites is 1. The molecule has 0 atom stereocenters. The number of aryl methyl sites for hydroxylation is 2. The van der Waals surface area contributed by atoms with Gasteiger partial charge in [0.1, 0.15) is 6.61 Å². The molecule has 1 aliphatic heterocycles. The maximum absolute atomic E-state index is 13.7. The van der Waals surface area contributed by atoms with E-state index < -0.39 is 5.82 Å². The van der Waals surface area contributed by atoms with Crippen LogP contribution in [0.5, 0.6) is 5.75 Å².